The van der Waals surface area contributed by atoms with Crippen molar-refractivity contribution in [1.29, 1.82) is 0 Å². The van der Waals surface area contributed by atoms with Crippen LogP contribution in [0.5, 0.6) is 0 Å². The fourth-order valence-electron chi connectivity index (χ4n) is 4.78. The summed E-state index contributed by atoms with van der Waals surface area (Å²) in [6.07, 6.45) is -0.121. The summed E-state index contributed by atoms with van der Waals surface area (Å²) in [5, 5.41) is 4.90. The molecule has 8 heteroatoms. The average Bonchev–Trinajstić information content (AvgIpc) is 2.75. The lowest BCUT2D eigenvalue weighted by molar-refractivity contribution is -0.178. The molecule has 2 bridgehead atoms. The predicted molar refractivity (Wildman–Crippen MR) is 122 cm³/mol. The largest absolute Gasteiger partial charge is 0.459 e. The van der Waals surface area contributed by atoms with Crippen LogP contribution in [0.4, 0.5) is 0 Å². The summed E-state index contributed by atoms with van der Waals surface area (Å²) in [4.78, 5) is 51.7. The van der Waals surface area contributed by atoms with Gasteiger partial charge in [0, 0.05) is 0 Å². The highest BCUT2D eigenvalue weighted by molar-refractivity contribution is 6.22. The zero-order chi connectivity index (χ0) is 24.7. The number of amides is 2. The van der Waals surface area contributed by atoms with Crippen molar-refractivity contribution >= 4 is 23.8 Å². The molecule has 3 aliphatic rings. The smallest absolute Gasteiger partial charge is 0.342 e. The number of piperidine rings is 2. The van der Waals surface area contributed by atoms with Crippen LogP contribution in [0.15, 0.2) is 36.4 Å². The highest BCUT2D eigenvalue weighted by atomic mass is 16.5. The molecule has 0 radical (unpaired) electrons. The van der Waals surface area contributed by atoms with Crippen molar-refractivity contribution in [2.45, 2.75) is 64.8 Å². The fourth-order valence-corrected chi connectivity index (χ4v) is 4.78. The van der Waals surface area contributed by atoms with Crippen LogP contribution in [0, 0.1) is 27.7 Å². The number of hydrogen-bond acceptors (Lipinski definition) is 6. The van der Waals surface area contributed by atoms with Crippen molar-refractivity contribution in [3.63, 3.8) is 0 Å². The first-order chi connectivity index (χ1) is 16.0. The van der Waals surface area contributed by atoms with Gasteiger partial charge >= 0.3 is 11.9 Å². The summed E-state index contributed by atoms with van der Waals surface area (Å²) < 4.78 is 10.8. The number of benzene rings is 2. The number of esters is 2. The van der Waals surface area contributed by atoms with E-state index in [1.807, 2.05) is 64.1 Å². The van der Waals surface area contributed by atoms with Gasteiger partial charge in [0.25, 0.3) is 11.8 Å². The van der Waals surface area contributed by atoms with Crippen LogP contribution in [0.3, 0.4) is 0 Å². The van der Waals surface area contributed by atoms with E-state index in [1.54, 1.807) is 0 Å². The van der Waals surface area contributed by atoms with Gasteiger partial charge in [0.05, 0.1) is 0 Å². The van der Waals surface area contributed by atoms with Crippen LogP contribution < -0.4 is 10.6 Å². The maximum atomic E-state index is 12.9. The fraction of sp³-hybridized carbons (Fsp3) is 0.385. The molecule has 3 heterocycles. The number of ether oxygens (including phenoxy) is 2. The third kappa shape index (κ3) is 4.16. The molecule has 0 aliphatic carbocycles. The number of carbonyl (C=O) groups excluding carboxylic acids is 4. The van der Waals surface area contributed by atoms with Crippen molar-refractivity contribution in [2.75, 3.05) is 0 Å². The second-order valence-electron chi connectivity index (χ2n) is 9.36. The van der Waals surface area contributed by atoms with E-state index >= 15 is 0 Å². The molecule has 3 saturated heterocycles. The summed E-state index contributed by atoms with van der Waals surface area (Å²) in [5.74, 6) is -3.25. The van der Waals surface area contributed by atoms with Gasteiger partial charge in [-0.05, 0) is 51.7 Å². The van der Waals surface area contributed by atoms with E-state index in [4.69, 9.17) is 9.47 Å². The third-order valence-corrected chi connectivity index (χ3v) is 6.30. The summed E-state index contributed by atoms with van der Waals surface area (Å²) in [7, 11) is 0. The molecule has 5 rings (SSSR count). The summed E-state index contributed by atoms with van der Waals surface area (Å²) in [5.41, 5.74) is 1.95. The lowest BCUT2D eigenvalue weighted by atomic mass is 9.73. The Balaban J connectivity index is 1.44. The Kier molecular flexibility index (Phi) is 5.93. The number of fused-ring (bicyclic) bond motifs is 3. The van der Waals surface area contributed by atoms with E-state index in [0.29, 0.717) is 0 Å². The summed E-state index contributed by atoms with van der Waals surface area (Å²) in [6, 6.07) is 11.5. The van der Waals surface area contributed by atoms with Crippen LogP contribution in [0.25, 0.3) is 0 Å². The van der Waals surface area contributed by atoms with E-state index in [2.05, 4.69) is 10.6 Å². The van der Waals surface area contributed by atoms with Gasteiger partial charge in [-0.2, -0.15) is 0 Å². The van der Waals surface area contributed by atoms with Gasteiger partial charge in [-0.25, -0.2) is 9.59 Å². The van der Waals surface area contributed by atoms with Crippen molar-refractivity contribution in [3.05, 3.63) is 69.8 Å². The van der Waals surface area contributed by atoms with Gasteiger partial charge in [-0.1, -0.05) is 58.7 Å². The second kappa shape index (κ2) is 8.59. The molecular formula is C26H28N2O6. The number of rotatable bonds is 6. The van der Waals surface area contributed by atoms with Crippen LogP contribution in [-0.4, -0.2) is 34.8 Å². The third-order valence-electron chi connectivity index (χ3n) is 6.30. The van der Waals surface area contributed by atoms with E-state index in [1.165, 1.54) is 0 Å². The molecule has 2 atom stereocenters. The van der Waals surface area contributed by atoms with Crippen LogP contribution in [-0.2, 0) is 41.9 Å². The molecule has 178 valence electrons. The van der Waals surface area contributed by atoms with Crippen LogP contribution in [0.1, 0.15) is 46.2 Å². The SMILES string of the molecule is Cc1cc(C)cc(COC(=O)[C@@]23CC[C@@](C(=O)OCc4cc(C)cc(C)c4)(NC2=O)C(=O)N3)c1. The lowest BCUT2D eigenvalue weighted by Crippen LogP contribution is -2.83. The maximum Gasteiger partial charge on any atom is 0.342 e. The maximum absolute atomic E-state index is 12.9. The molecule has 2 aromatic carbocycles. The molecule has 0 spiro atoms. The molecule has 2 aromatic rings. The minimum Gasteiger partial charge on any atom is -0.459 e. The molecule has 0 unspecified atom stereocenters. The zero-order valence-electron chi connectivity index (χ0n) is 19.7. The Morgan fingerprint density at radius 2 is 1.00 bits per heavy atom. The predicted octanol–water partition coefficient (Wildman–Crippen LogP) is 2.22. The summed E-state index contributed by atoms with van der Waals surface area (Å²) >= 11 is 0. The minimum atomic E-state index is -1.86. The van der Waals surface area contributed by atoms with Gasteiger partial charge in [-0.3, -0.25) is 9.59 Å². The first-order valence-electron chi connectivity index (χ1n) is 11.2. The monoisotopic (exact) mass is 464 g/mol. The normalized spacial score (nSPS) is 23.2. The van der Waals surface area contributed by atoms with E-state index in [0.717, 1.165) is 33.4 Å². The molecule has 2 amide bonds. The van der Waals surface area contributed by atoms with Gasteiger partial charge in [0.1, 0.15) is 13.2 Å². The van der Waals surface area contributed by atoms with Crippen LogP contribution in [0.2, 0.25) is 0 Å². The van der Waals surface area contributed by atoms with E-state index in [-0.39, 0.29) is 26.1 Å². The van der Waals surface area contributed by atoms with Gasteiger partial charge < -0.3 is 20.1 Å². The topological polar surface area (TPSA) is 111 Å². The number of carbonyl (C=O) groups is 4. The molecule has 0 aromatic heterocycles. The van der Waals surface area contributed by atoms with Crippen molar-refractivity contribution in [2.24, 2.45) is 0 Å². The Hall–Kier alpha value is -3.68. The van der Waals surface area contributed by atoms with Crippen molar-refractivity contribution in [3.8, 4) is 0 Å². The Bertz CT molecular complexity index is 1070. The highest BCUT2D eigenvalue weighted by Gasteiger charge is 2.67. The molecule has 0 saturated carbocycles. The van der Waals surface area contributed by atoms with Crippen molar-refractivity contribution < 1.29 is 28.7 Å². The number of hydrogen-bond donors (Lipinski definition) is 2. The summed E-state index contributed by atoms with van der Waals surface area (Å²) in [6.45, 7) is 7.68. The minimum absolute atomic E-state index is 0.0324. The van der Waals surface area contributed by atoms with Crippen LogP contribution >= 0.6 is 0 Å². The zero-order valence-corrected chi connectivity index (χ0v) is 19.7. The van der Waals surface area contributed by atoms with Gasteiger partial charge in [0.15, 0.2) is 0 Å². The lowest BCUT2D eigenvalue weighted by Gasteiger charge is -2.48. The van der Waals surface area contributed by atoms with Gasteiger partial charge in [0.2, 0.25) is 11.1 Å². The average molecular weight is 465 g/mol. The number of aryl methyl sites for hydroxylation is 4. The Morgan fingerprint density at radius 3 is 1.29 bits per heavy atom. The molecule has 3 fully saturated rings. The first-order valence-corrected chi connectivity index (χ1v) is 11.2. The molecular weight excluding hydrogens is 436 g/mol. The molecule has 3 aliphatic heterocycles. The molecule has 8 nitrogen and oxygen atoms in total. The van der Waals surface area contributed by atoms with E-state index < -0.39 is 34.8 Å². The first kappa shape index (κ1) is 23.5. The quantitative estimate of drug-likeness (QED) is 0.501. The number of nitrogens with one attached hydrogen (secondary N) is 2. The van der Waals surface area contributed by atoms with E-state index in [9.17, 15) is 19.2 Å². The Morgan fingerprint density at radius 1 is 0.676 bits per heavy atom. The van der Waals surface area contributed by atoms with Crippen molar-refractivity contribution in [1.82, 2.24) is 10.6 Å². The standard InChI is InChI=1S/C26H28N2O6/c1-15-7-16(2)10-19(9-15)13-33-23(31)25-5-6-26(22(30)27-25,28-21(25)29)24(32)34-14-20-11-17(3)8-18(4)12-20/h7-12H,5-6,13-14H2,1-4H3,(H,27,30)(H,28,29)/t25-,26-/m1/s1. The van der Waals surface area contributed by atoms with Gasteiger partial charge in [-0.15, -0.1) is 0 Å². The second-order valence-corrected chi connectivity index (χ2v) is 9.36. The molecule has 34 heavy (non-hydrogen) atoms. The highest BCUT2D eigenvalue weighted by Crippen LogP contribution is 2.35. The Labute approximate surface area is 198 Å². The number of piperazine rings is 1. The molecule has 2 N–H and O–H groups in total.